The van der Waals surface area contributed by atoms with Crippen LogP contribution in [-0.4, -0.2) is 58.3 Å². The number of fused-ring (bicyclic) bond motifs is 3. The summed E-state index contributed by atoms with van der Waals surface area (Å²) in [6, 6.07) is 8.12. The standard InChI is InChI=1S/C24H27N5O3/c1-15-9-18(6-8-32-15)29-22(14-28-7-5-17(13-28)24(30)31-2)27-21-12-26-20-4-3-16(11-25)10-19(20)23(21)29/h3-4,10,12,15,17-18H,5-9,13-14H2,1-2H3/t15-,17?,18-/m1/s1. The van der Waals surface area contributed by atoms with Gasteiger partial charge in [0.15, 0.2) is 0 Å². The van der Waals surface area contributed by atoms with Gasteiger partial charge >= 0.3 is 5.97 Å². The van der Waals surface area contributed by atoms with Crippen LogP contribution >= 0.6 is 0 Å². The lowest BCUT2D eigenvalue weighted by molar-refractivity contribution is -0.144. The number of carbonyl (C=O) groups excluding carboxylic acids is 1. The smallest absolute Gasteiger partial charge is 0.310 e. The Morgan fingerprint density at radius 1 is 1.34 bits per heavy atom. The molecule has 2 saturated heterocycles. The Balaban J connectivity index is 1.60. The molecule has 2 aliphatic rings. The number of carbonyl (C=O) groups is 1. The molecule has 0 spiro atoms. The van der Waals surface area contributed by atoms with Crippen LogP contribution in [0.2, 0.25) is 0 Å². The van der Waals surface area contributed by atoms with Crippen molar-refractivity contribution in [3.8, 4) is 6.07 Å². The molecule has 3 aromatic rings. The largest absolute Gasteiger partial charge is 0.469 e. The molecule has 2 fully saturated rings. The lowest BCUT2D eigenvalue weighted by atomic mass is 10.0. The van der Waals surface area contributed by atoms with E-state index in [-0.39, 0.29) is 24.0 Å². The predicted octanol–water partition coefficient (Wildman–Crippen LogP) is 3.19. The average molecular weight is 434 g/mol. The summed E-state index contributed by atoms with van der Waals surface area (Å²) >= 11 is 0. The molecule has 8 heteroatoms. The zero-order chi connectivity index (χ0) is 22.2. The van der Waals surface area contributed by atoms with Crippen molar-refractivity contribution in [1.82, 2.24) is 19.4 Å². The van der Waals surface area contributed by atoms with Crippen LogP contribution in [0.25, 0.3) is 21.9 Å². The van der Waals surface area contributed by atoms with E-state index in [0.29, 0.717) is 25.3 Å². The molecular formula is C24H27N5O3. The molecule has 166 valence electrons. The number of hydrogen-bond donors (Lipinski definition) is 0. The molecule has 2 aromatic heterocycles. The van der Waals surface area contributed by atoms with Crippen LogP contribution < -0.4 is 0 Å². The summed E-state index contributed by atoms with van der Waals surface area (Å²) in [5.41, 5.74) is 3.34. The maximum absolute atomic E-state index is 12.0. The van der Waals surface area contributed by atoms with Crippen molar-refractivity contribution in [2.75, 3.05) is 26.8 Å². The van der Waals surface area contributed by atoms with Crippen LogP contribution in [0.3, 0.4) is 0 Å². The van der Waals surface area contributed by atoms with E-state index in [1.54, 1.807) is 6.07 Å². The van der Waals surface area contributed by atoms with E-state index in [1.165, 1.54) is 7.11 Å². The summed E-state index contributed by atoms with van der Waals surface area (Å²) in [4.78, 5) is 23.9. The van der Waals surface area contributed by atoms with E-state index < -0.39 is 0 Å². The summed E-state index contributed by atoms with van der Waals surface area (Å²) in [6.07, 6.45) is 4.63. The summed E-state index contributed by atoms with van der Waals surface area (Å²) in [5.74, 6) is 0.751. The first kappa shape index (κ1) is 20.9. The minimum Gasteiger partial charge on any atom is -0.469 e. The summed E-state index contributed by atoms with van der Waals surface area (Å²) in [7, 11) is 1.45. The Morgan fingerprint density at radius 2 is 2.22 bits per heavy atom. The first-order valence-corrected chi connectivity index (χ1v) is 11.2. The fourth-order valence-electron chi connectivity index (χ4n) is 5.14. The van der Waals surface area contributed by atoms with Crippen molar-refractivity contribution in [2.24, 2.45) is 5.92 Å². The molecule has 8 nitrogen and oxygen atoms in total. The molecule has 3 atom stereocenters. The minimum atomic E-state index is -0.140. The van der Waals surface area contributed by atoms with E-state index >= 15 is 0 Å². The highest BCUT2D eigenvalue weighted by Crippen LogP contribution is 2.34. The van der Waals surface area contributed by atoms with E-state index in [9.17, 15) is 10.1 Å². The second-order valence-electron chi connectivity index (χ2n) is 8.84. The van der Waals surface area contributed by atoms with Gasteiger partial charge in [-0.1, -0.05) is 0 Å². The molecule has 1 aromatic carbocycles. The highest BCUT2D eigenvalue weighted by atomic mass is 16.5. The molecule has 0 amide bonds. The lowest BCUT2D eigenvalue weighted by Crippen LogP contribution is -2.29. The molecule has 0 saturated carbocycles. The van der Waals surface area contributed by atoms with Crippen molar-refractivity contribution in [3.05, 3.63) is 35.8 Å². The van der Waals surface area contributed by atoms with Gasteiger partial charge < -0.3 is 14.0 Å². The predicted molar refractivity (Wildman–Crippen MR) is 119 cm³/mol. The number of pyridine rings is 1. The third-order valence-electron chi connectivity index (χ3n) is 6.71. The Kier molecular flexibility index (Phi) is 5.53. The Labute approximate surface area is 186 Å². The zero-order valence-corrected chi connectivity index (χ0v) is 18.5. The second-order valence-corrected chi connectivity index (χ2v) is 8.84. The molecule has 0 radical (unpaired) electrons. The number of benzene rings is 1. The van der Waals surface area contributed by atoms with Crippen molar-refractivity contribution in [2.45, 2.75) is 44.9 Å². The molecular weight excluding hydrogens is 406 g/mol. The molecule has 4 heterocycles. The van der Waals surface area contributed by atoms with Gasteiger partial charge in [-0.3, -0.25) is 14.7 Å². The first-order chi connectivity index (χ1) is 15.6. The monoisotopic (exact) mass is 433 g/mol. The highest BCUT2D eigenvalue weighted by Gasteiger charge is 2.32. The van der Waals surface area contributed by atoms with Crippen LogP contribution in [0.1, 0.15) is 43.6 Å². The number of aromatic nitrogens is 3. The van der Waals surface area contributed by atoms with Gasteiger partial charge in [0, 0.05) is 24.6 Å². The van der Waals surface area contributed by atoms with Gasteiger partial charge in [0.05, 0.1) is 54.5 Å². The van der Waals surface area contributed by atoms with Gasteiger partial charge in [-0.25, -0.2) is 4.98 Å². The minimum absolute atomic E-state index is 0.0818. The summed E-state index contributed by atoms with van der Waals surface area (Å²) < 4.78 is 13.1. The Morgan fingerprint density at radius 3 is 3.00 bits per heavy atom. The zero-order valence-electron chi connectivity index (χ0n) is 18.5. The Hall–Kier alpha value is -3.02. The van der Waals surface area contributed by atoms with Crippen molar-refractivity contribution >= 4 is 27.9 Å². The number of nitrogens with zero attached hydrogens (tertiary/aromatic N) is 5. The van der Waals surface area contributed by atoms with Crippen molar-refractivity contribution in [3.63, 3.8) is 0 Å². The van der Waals surface area contributed by atoms with Crippen LogP contribution in [0, 0.1) is 17.2 Å². The van der Waals surface area contributed by atoms with Gasteiger partial charge in [0.1, 0.15) is 11.3 Å². The number of likely N-dealkylation sites (tertiary alicyclic amines) is 1. The fraction of sp³-hybridized carbons (Fsp3) is 0.500. The van der Waals surface area contributed by atoms with Crippen LogP contribution in [0.5, 0.6) is 0 Å². The molecule has 2 aliphatic heterocycles. The number of hydrogen-bond acceptors (Lipinski definition) is 7. The molecule has 0 bridgehead atoms. The van der Waals surface area contributed by atoms with Crippen molar-refractivity contribution in [1.29, 1.82) is 5.26 Å². The number of methoxy groups -OCH3 is 1. The number of nitriles is 1. The third-order valence-corrected chi connectivity index (χ3v) is 6.71. The van der Waals surface area contributed by atoms with Crippen molar-refractivity contribution < 1.29 is 14.3 Å². The van der Waals surface area contributed by atoms with E-state index in [1.807, 2.05) is 18.3 Å². The van der Waals surface area contributed by atoms with E-state index in [2.05, 4.69) is 27.4 Å². The Bertz CT molecular complexity index is 1210. The highest BCUT2D eigenvalue weighted by molar-refractivity contribution is 6.02. The maximum atomic E-state index is 12.0. The fourth-order valence-corrected chi connectivity index (χ4v) is 5.14. The molecule has 1 unspecified atom stereocenters. The number of esters is 1. The molecule has 32 heavy (non-hydrogen) atoms. The molecule has 0 aliphatic carbocycles. The SMILES string of the molecule is COC(=O)C1CCN(Cc2nc3cnc4ccc(C#N)cc4c3n2[C@@H]2CCO[C@H](C)C2)C1. The number of rotatable bonds is 4. The second kappa shape index (κ2) is 8.49. The quantitative estimate of drug-likeness (QED) is 0.583. The van der Waals surface area contributed by atoms with E-state index in [4.69, 9.17) is 14.5 Å². The number of ether oxygens (including phenoxy) is 2. The van der Waals surface area contributed by atoms with Crippen LogP contribution in [-0.2, 0) is 20.8 Å². The third kappa shape index (κ3) is 3.72. The summed E-state index contributed by atoms with van der Waals surface area (Å²) in [5, 5.41) is 10.4. The molecule has 0 N–H and O–H groups in total. The summed E-state index contributed by atoms with van der Waals surface area (Å²) in [6.45, 7) is 5.00. The van der Waals surface area contributed by atoms with Gasteiger partial charge in [0.25, 0.3) is 0 Å². The average Bonchev–Trinajstić information content (AvgIpc) is 3.43. The van der Waals surface area contributed by atoms with Gasteiger partial charge in [-0.2, -0.15) is 5.26 Å². The maximum Gasteiger partial charge on any atom is 0.310 e. The molecule has 5 rings (SSSR count). The number of imidazole rings is 1. The van der Waals surface area contributed by atoms with Gasteiger partial charge in [0.2, 0.25) is 0 Å². The van der Waals surface area contributed by atoms with Crippen LogP contribution in [0.15, 0.2) is 24.4 Å². The lowest BCUT2D eigenvalue weighted by Gasteiger charge is -2.30. The first-order valence-electron chi connectivity index (χ1n) is 11.2. The van der Waals surface area contributed by atoms with Crippen LogP contribution in [0.4, 0.5) is 0 Å². The van der Waals surface area contributed by atoms with Gasteiger partial charge in [-0.15, -0.1) is 0 Å². The van der Waals surface area contributed by atoms with E-state index in [0.717, 1.165) is 53.6 Å². The normalized spacial score (nSPS) is 24.1. The topological polar surface area (TPSA) is 93.3 Å². The van der Waals surface area contributed by atoms with Gasteiger partial charge in [-0.05, 0) is 50.9 Å².